The number of hydrogen-bond donors (Lipinski definition) is 2. The van der Waals surface area contributed by atoms with Crippen LogP contribution >= 0.6 is 34.8 Å². The highest BCUT2D eigenvalue weighted by molar-refractivity contribution is 6.36. The number of amides is 2. The fourth-order valence-electron chi connectivity index (χ4n) is 2.97. The maximum absolute atomic E-state index is 12.7. The molecule has 0 aliphatic carbocycles. The van der Waals surface area contributed by atoms with Gasteiger partial charge in [0.1, 0.15) is 5.82 Å². The minimum Gasteiger partial charge on any atom is -0.349 e. The molecule has 0 fully saturated rings. The van der Waals surface area contributed by atoms with Crippen LogP contribution in [-0.2, 0) is 16.1 Å². The molecule has 156 valence electrons. The number of carbonyl (C=O) groups is 2. The van der Waals surface area contributed by atoms with E-state index in [0.29, 0.717) is 33.0 Å². The van der Waals surface area contributed by atoms with E-state index in [0.717, 1.165) is 5.56 Å². The van der Waals surface area contributed by atoms with Gasteiger partial charge in [-0.25, -0.2) is 4.68 Å². The molecule has 0 spiro atoms. The Morgan fingerprint density at radius 1 is 1.03 bits per heavy atom. The van der Waals surface area contributed by atoms with Gasteiger partial charge in [0.2, 0.25) is 11.8 Å². The lowest BCUT2D eigenvalue weighted by molar-refractivity contribution is -0.120. The zero-order chi connectivity index (χ0) is 21.7. The van der Waals surface area contributed by atoms with Crippen molar-refractivity contribution in [1.29, 1.82) is 0 Å². The normalized spacial score (nSPS) is 11.7. The molecular formula is C21H19Cl3N4O2. The van der Waals surface area contributed by atoms with Gasteiger partial charge >= 0.3 is 0 Å². The van der Waals surface area contributed by atoms with Gasteiger partial charge in [-0.1, -0.05) is 53.0 Å². The zero-order valence-electron chi connectivity index (χ0n) is 16.0. The molecule has 2 N–H and O–H groups in total. The van der Waals surface area contributed by atoms with Gasteiger partial charge < -0.3 is 10.6 Å². The van der Waals surface area contributed by atoms with Crippen LogP contribution in [0.3, 0.4) is 0 Å². The van der Waals surface area contributed by atoms with Crippen molar-refractivity contribution in [2.24, 2.45) is 0 Å². The van der Waals surface area contributed by atoms with Crippen molar-refractivity contribution in [2.75, 3.05) is 5.32 Å². The highest BCUT2D eigenvalue weighted by atomic mass is 35.5. The lowest BCUT2D eigenvalue weighted by atomic mass is 10.0. The first kappa shape index (κ1) is 22.2. The van der Waals surface area contributed by atoms with Crippen LogP contribution in [0.1, 0.15) is 30.5 Å². The molecule has 0 saturated heterocycles. The number of carbonyl (C=O) groups excluding carboxylic acids is 2. The first-order valence-corrected chi connectivity index (χ1v) is 10.2. The monoisotopic (exact) mass is 464 g/mol. The minimum atomic E-state index is -0.492. The highest BCUT2D eigenvalue weighted by Crippen LogP contribution is 2.26. The summed E-state index contributed by atoms with van der Waals surface area (Å²) in [6, 6.07) is 13.4. The number of aromatic nitrogens is 2. The average molecular weight is 466 g/mol. The first-order chi connectivity index (χ1) is 14.3. The van der Waals surface area contributed by atoms with Crippen LogP contribution in [-0.4, -0.2) is 21.6 Å². The molecule has 6 nitrogen and oxygen atoms in total. The van der Waals surface area contributed by atoms with Crippen LogP contribution in [0.2, 0.25) is 15.1 Å². The van der Waals surface area contributed by atoms with Crippen molar-refractivity contribution in [3.05, 3.63) is 80.9 Å². The molecule has 3 rings (SSSR count). The first-order valence-electron chi connectivity index (χ1n) is 9.10. The maximum atomic E-state index is 12.7. The Morgan fingerprint density at radius 2 is 1.70 bits per heavy atom. The fraction of sp³-hybridized carbons (Fsp3) is 0.190. The number of anilines is 1. The number of rotatable bonds is 7. The van der Waals surface area contributed by atoms with Gasteiger partial charge in [-0.15, -0.1) is 0 Å². The molecule has 2 amide bonds. The number of halogens is 3. The Morgan fingerprint density at radius 3 is 2.33 bits per heavy atom. The molecule has 0 saturated carbocycles. The summed E-state index contributed by atoms with van der Waals surface area (Å²) in [7, 11) is 0. The van der Waals surface area contributed by atoms with E-state index in [2.05, 4.69) is 15.7 Å². The fourth-order valence-corrected chi connectivity index (χ4v) is 3.61. The summed E-state index contributed by atoms with van der Waals surface area (Å²) >= 11 is 18.4. The molecule has 9 heteroatoms. The van der Waals surface area contributed by atoms with Crippen LogP contribution in [0, 0.1) is 0 Å². The number of benzene rings is 2. The Hall–Kier alpha value is -2.54. The van der Waals surface area contributed by atoms with Crippen LogP contribution < -0.4 is 10.6 Å². The van der Waals surface area contributed by atoms with Gasteiger partial charge in [0.25, 0.3) is 0 Å². The molecule has 1 atom stereocenters. The SMILES string of the molecule is CC(=O)NC(CC(=O)Nc1ccnn1Cc1c(Cl)cccc1Cl)c1ccc(Cl)cc1. The maximum Gasteiger partial charge on any atom is 0.227 e. The largest absolute Gasteiger partial charge is 0.349 e. The number of nitrogens with one attached hydrogen (secondary N) is 2. The summed E-state index contributed by atoms with van der Waals surface area (Å²) < 4.78 is 1.60. The van der Waals surface area contributed by atoms with E-state index < -0.39 is 6.04 Å². The van der Waals surface area contributed by atoms with Crippen LogP contribution in [0.25, 0.3) is 0 Å². The van der Waals surface area contributed by atoms with Gasteiger partial charge in [0, 0.05) is 33.6 Å². The molecule has 0 bridgehead atoms. The summed E-state index contributed by atoms with van der Waals surface area (Å²) in [4.78, 5) is 24.3. The molecule has 0 radical (unpaired) electrons. The van der Waals surface area contributed by atoms with E-state index in [1.165, 1.54) is 6.92 Å². The van der Waals surface area contributed by atoms with Crippen LogP contribution in [0.4, 0.5) is 5.82 Å². The van der Waals surface area contributed by atoms with E-state index >= 15 is 0 Å². The molecule has 30 heavy (non-hydrogen) atoms. The van der Waals surface area contributed by atoms with Gasteiger partial charge in [-0.05, 0) is 29.8 Å². The molecule has 2 aromatic carbocycles. The molecule has 0 aliphatic heterocycles. The predicted octanol–water partition coefficient (Wildman–Crippen LogP) is 5.10. The second-order valence-electron chi connectivity index (χ2n) is 6.63. The van der Waals surface area contributed by atoms with Crippen molar-refractivity contribution < 1.29 is 9.59 Å². The van der Waals surface area contributed by atoms with E-state index in [4.69, 9.17) is 34.8 Å². The van der Waals surface area contributed by atoms with Crippen molar-refractivity contribution in [3.8, 4) is 0 Å². The van der Waals surface area contributed by atoms with Gasteiger partial charge in [0.05, 0.1) is 25.2 Å². The summed E-state index contributed by atoms with van der Waals surface area (Å²) in [5.74, 6) is -0.0227. The van der Waals surface area contributed by atoms with Crippen molar-refractivity contribution in [3.63, 3.8) is 0 Å². The third-order valence-electron chi connectivity index (χ3n) is 4.39. The highest BCUT2D eigenvalue weighted by Gasteiger charge is 2.19. The van der Waals surface area contributed by atoms with E-state index in [9.17, 15) is 9.59 Å². The lowest BCUT2D eigenvalue weighted by Gasteiger charge is -2.18. The zero-order valence-corrected chi connectivity index (χ0v) is 18.3. The van der Waals surface area contributed by atoms with Gasteiger partial charge in [0.15, 0.2) is 0 Å². The summed E-state index contributed by atoms with van der Waals surface area (Å²) in [5, 5.41) is 11.5. The second-order valence-corrected chi connectivity index (χ2v) is 7.88. The van der Waals surface area contributed by atoms with Crippen molar-refractivity contribution in [1.82, 2.24) is 15.1 Å². The molecule has 3 aromatic rings. The van der Waals surface area contributed by atoms with Crippen molar-refractivity contribution >= 4 is 52.4 Å². The molecule has 0 aliphatic rings. The summed E-state index contributed by atoms with van der Waals surface area (Å²) in [5.41, 5.74) is 1.48. The second kappa shape index (κ2) is 9.98. The third-order valence-corrected chi connectivity index (χ3v) is 5.35. The van der Waals surface area contributed by atoms with Crippen LogP contribution in [0.15, 0.2) is 54.7 Å². The molecule has 1 unspecified atom stereocenters. The minimum absolute atomic E-state index is 0.0409. The van der Waals surface area contributed by atoms with E-state index in [-0.39, 0.29) is 18.2 Å². The molecule has 1 heterocycles. The van der Waals surface area contributed by atoms with Crippen LogP contribution in [0.5, 0.6) is 0 Å². The predicted molar refractivity (Wildman–Crippen MR) is 119 cm³/mol. The number of nitrogens with zero attached hydrogens (tertiary/aromatic N) is 2. The van der Waals surface area contributed by atoms with Gasteiger partial charge in [-0.3, -0.25) is 9.59 Å². The molecular weight excluding hydrogens is 447 g/mol. The Kier molecular flexibility index (Phi) is 7.37. The Balaban J connectivity index is 1.73. The number of hydrogen-bond acceptors (Lipinski definition) is 3. The lowest BCUT2D eigenvalue weighted by Crippen LogP contribution is -2.30. The summed E-state index contributed by atoms with van der Waals surface area (Å²) in [6.45, 7) is 1.71. The smallest absolute Gasteiger partial charge is 0.227 e. The quantitative estimate of drug-likeness (QED) is 0.510. The third kappa shape index (κ3) is 5.75. The Labute approximate surface area is 189 Å². The van der Waals surface area contributed by atoms with Crippen molar-refractivity contribution in [2.45, 2.75) is 25.9 Å². The summed E-state index contributed by atoms with van der Waals surface area (Å²) in [6.07, 6.45) is 1.62. The standard InChI is InChI=1S/C21H19Cl3N4O2/c1-13(29)26-19(14-5-7-15(22)8-6-14)11-21(30)27-20-9-10-25-28(20)12-16-17(23)3-2-4-18(16)24/h2-10,19H,11-12H2,1H3,(H,26,29)(H,27,30). The van der Waals surface area contributed by atoms with E-state index in [1.54, 1.807) is 59.4 Å². The van der Waals surface area contributed by atoms with E-state index in [1.807, 2.05) is 0 Å². The van der Waals surface area contributed by atoms with Gasteiger partial charge in [-0.2, -0.15) is 5.10 Å². The average Bonchev–Trinajstić information content (AvgIpc) is 3.11. The molecule has 1 aromatic heterocycles. The Bertz CT molecular complexity index is 1030. The topological polar surface area (TPSA) is 76.0 Å².